The van der Waals surface area contributed by atoms with Crippen molar-refractivity contribution in [3.8, 4) is 6.07 Å². The van der Waals surface area contributed by atoms with Gasteiger partial charge in [-0.3, -0.25) is 4.79 Å². The summed E-state index contributed by atoms with van der Waals surface area (Å²) >= 11 is 0. The Hall–Kier alpha value is -2.61. The molecule has 0 saturated heterocycles. The molecule has 5 heteroatoms. The maximum Gasteiger partial charge on any atom is 0.326 e. The van der Waals surface area contributed by atoms with Crippen LogP contribution in [0.25, 0.3) is 6.08 Å². The van der Waals surface area contributed by atoms with Crippen molar-refractivity contribution < 1.29 is 14.7 Å². The zero-order valence-corrected chi connectivity index (χ0v) is 11.3. The molecule has 20 heavy (non-hydrogen) atoms. The first-order valence-corrected chi connectivity index (χ1v) is 6.15. The van der Waals surface area contributed by atoms with E-state index in [0.717, 1.165) is 0 Å². The average molecular weight is 272 g/mol. The van der Waals surface area contributed by atoms with Crippen molar-refractivity contribution in [3.63, 3.8) is 0 Å². The van der Waals surface area contributed by atoms with Gasteiger partial charge in [0.25, 0.3) is 0 Å². The van der Waals surface area contributed by atoms with Crippen LogP contribution in [-0.2, 0) is 9.59 Å². The Bertz CT molecular complexity index is 571. The van der Waals surface area contributed by atoms with E-state index in [1.165, 1.54) is 12.2 Å². The molecule has 1 amide bonds. The minimum absolute atomic E-state index is 0.202. The molecule has 0 saturated carbocycles. The predicted molar refractivity (Wildman–Crippen MR) is 74.6 cm³/mol. The molecule has 1 aromatic rings. The summed E-state index contributed by atoms with van der Waals surface area (Å²) in [6.07, 6.45) is 2.80. The number of carboxylic acids is 1. The molecule has 0 radical (unpaired) electrons. The molecule has 0 aromatic heterocycles. The van der Waals surface area contributed by atoms with Crippen molar-refractivity contribution in [2.45, 2.75) is 19.9 Å². The Kier molecular flexibility index (Phi) is 5.48. The summed E-state index contributed by atoms with van der Waals surface area (Å²) in [5, 5.41) is 20.2. The van der Waals surface area contributed by atoms with Crippen molar-refractivity contribution in [1.29, 1.82) is 5.26 Å². The maximum absolute atomic E-state index is 11.7. The van der Waals surface area contributed by atoms with E-state index in [9.17, 15) is 9.59 Å². The highest BCUT2D eigenvalue weighted by atomic mass is 16.4. The van der Waals surface area contributed by atoms with Crippen LogP contribution in [0, 0.1) is 17.2 Å². The van der Waals surface area contributed by atoms with E-state index in [0.29, 0.717) is 11.1 Å². The molecule has 0 aliphatic heterocycles. The van der Waals surface area contributed by atoms with Crippen LogP contribution in [0.4, 0.5) is 0 Å². The van der Waals surface area contributed by atoms with Crippen LogP contribution in [-0.4, -0.2) is 23.0 Å². The SMILES string of the molecule is CC(C)C(NC(=O)/C=C/c1cccc(C#N)c1)C(=O)O. The number of hydrogen-bond acceptors (Lipinski definition) is 3. The van der Waals surface area contributed by atoms with Gasteiger partial charge in [0.15, 0.2) is 0 Å². The highest BCUT2D eigenvalue weighted by molar-refractivity contribution is 5.94. The molecule has 0 aliphatic rings. The average Bonchev–Trinajstić information content (AvgIpc) is 2.42. The van der Waals surface area contributed by atoms with E-state index >= 15 is 0 Å². The third kappa shape index (κ3) is 4.58. The van der Waals surface area contributed by atoms with Gasteiger partial charge in [0, 0.05) is 6.08 Å². The van der Waals surface area contributed by atoms with Crippen molar-refractivity contribution >= 4 is 18.0 Å². The summed E-state index contributed by atoms with van der Waals surface area (Å²) in [4.78, 5) is 22.6. The molecule has 0 fully saturated rings. The van der Waals surface area contributed by atoms with Crippen LogP contribution in [0.3, 0.4) is 0 Å². The van der Waals surface area contributed by atoms with E-state index in [1.54, 1.807) is 38.1 Å². The first-order valence-electron chi connectivity index (χ1n) is 6.15. The van der Waals surface area contributed by atoms with Gasteiger partial charge in [-0.15, -0.1) is 0 Å². The normalized spacial score (nSPS) is 12.1. The third-order valence-electron chi connectivity index (χ3n) is 2.67. The summed E-state index contributed by atoms with van der Waals surface area (Å²) in [5.74, 6) is -1.74. The number of aliphatic carboxylic acids is 1. The summed E-state index contributed by atoms with van der Waals surface area (Å²) < 4.78 is 0. The van der Waals surface area contributed by atoms with Gasteiger partial charge >= 0.3 is 5.97 Å². The second kappa shape index (κ2) is 7.10. The highest BCUT2D eigenvalue weighted by Crippen LogP contribution is 2.06. The minimum Gasteiger partial charge on any atom is -0.480 e. The van der Waals surface area contributed by atoms with Crippen molar-refractivity contribution in [1.82, 2.24) is 5.32 Å². The fraction of sp³-hybridized carbons (Fsp3) is 0.267. The van der Waals surface area contributed by atoms with Crippen LogP contribution in [0.2, 0.25) is 0 Å². The number of nitrogens with one attached hydrogen (secondary N) is 1. The monoisotopic (exact) mass is 272 g/mol. The molecule has 1 aromatic carbocycles. The first kappa shape index (κ1) is 15.4. The van der Waals surface area contributed by atoms with Gasteiger partial charge in [-0.05, 0) is 29.7 Å². The molecular formula is C15H16N2O3. The Morgan fingerprint density at radius 2 is 2.10 bits per heavy atom. The lowest BCUT2D eigenvalue weighted by Gasteiger charge is -2.16. The van der Waals surface area contributed by atoms with Crippen LogP contribution < -0.4 is 5.32 Å². The molecule has 0 spiro atoms. The number of nitriles is 1. The lowest BCUT2D eigenvalue weighted by Crippen LogP contribution is -2.43. The lowest BCUT2D eigenvalue weighted by molar-refractivity contribution is -0.142. The van der Waals surface area contributed by atoms with Crippen LogP contribution in [0.1, 0.15) is 25.0 Å². The Morgan fingerprint density at radius 1 is 1.40 bits per heavy atom. The maximum atomic E-state index is 11.7. The number of carbonyl (C=O) groups excluding carboxylic acids is 1. The molecule has 1 rings (SSSR count). The largest absolute Gasteiger partial charge is 0.480 e. The van der Waals surface area contributed by atoms with Crippen molar-refractivity contribution in [2.75, 3.05) is 0 Å². The molecule has 1 unspecified atom stereocenters. The number of carboxylic acid groups (broad SMARTS) is 1. The number of nitrogens with zero attached hydrogens (tertiary/aromatic N) is 1. The van der Waals surface area contributed by atoms with Crippen LogP contribution in [0.15, 0.2) is 30.3 Å². The first-order chi connectivity index (χ1) is 9.43. The zero-order valence-electron chi connectivity index (χ0n) is 11.3. The van der Waals surface area contributed by atoms with E-state index in [4.69, 9.17) is 10.4 Å². The second-order valence-corrected chi connectivity index (χ2v) is 4.64. The smallest absolute Gasteiger partial charge is 0.326 e. The molecule has 1 atom stereocenters. The molecular weight excluding hydrogens is 256 g/mol. The van der Waals surface area contributed by atoms with Gasteiger partial charge in [0.2, 0.25) is 5.91 Å². The summed E-state index contributed by atoms with van der Waals surface area (Å²) in [5.41, 5.74) is 1.20. The number of benzene rings is 1. The van der Waals surface area contributed by atoms with E-state index < -0.39 is 17.9 Å². The highest BCUT2D eigenvalue weighted by Gasteiger charge is 2.22. The van der Waals surface area contributed by atoms with E-state index in [-0.39, 0.29) is 5.92 Å². The number of carbonyl (C=O) groups is 2. The van der Waals surface area contributed by atoms with Crippen LogP contribution >= 0.6 is 0 Å². The molecule has 5 nitrogen and oxygen atoms in total. The standard InChI is InChI=1S/C15H16N2O3/c1-10(2)14(15(19)20)17-13(18)7-6-11-4-3-5-12(8-11)9-16/h3-8,10,14H,1-2H3,(H,17,18)(H,19,20)/b7-6+. The summed E-state index contributed by atoms with van der Waals surface area (Å²) in [6, 6.07) is 7.85. The minimum atomic E-state index is -1.06. The van der Waals surface area contributed by atoms with Gasteiger partial charge in [-0.25, -0.2) is 4.79 Å². The zero-order chi connectivity index (χ0) is 15.1. The fourth-order valence-electron chi connectivity index (χ4n) is 1.60. The molecule has 2 N–H and O–H groups in total. The molecule has 0 bridgehead atoms. The fourth-order valence-corrected chi connectivity index (χ4v) is 1.60. The van der Waals surface area contributed by atoms with E-state index in [1.807, 2.05) is 6.07 Å². The van der Waals surface area contributed by atoms with Crippen molar-refractivity contribution in [3.05, 3.63) is 41.5 Å². The van der Waals surface area contributed by atoms with Gasteiger partial charge < -0.3 is 10.4 Å². The molecule has 0 aliphatic carbocycles. The number of hydrogen-bond donors (Lipinski definition) is 2. The predicted octanol–water partition coefficient (Wildman–Crippen LogP) is 1.80. The molecule has 0 heterocycles. The van der Waals surface area contributed by atoms with Gasteiger partial charge in [-0.1, -0.05) is 26.0 Å². The summed E-state index contributed by atoms with van der Waals surface area (Å²) in [6.45, 7) is 3.44. The quantitative estimate of drug-likeness (QED) is 0.800. The number of rotatable bonds is 5. The second-order valence-electron chi connectivity index (χ2n) is 4.64. The Morgan fingerprint density at radius 3 is 2.65 bits per heavy atom. The van der Waals surface area contributed by atoms with Gasteiger partial charge in [-0.2, -0.15) is 5.26 Å². The van der Waals surface area contributed by atoms with E-state index in [2.05, 4.69) is 5.32 Å². The third-order valence-corrected chi connectivity index (χ3v) is 2.67. The lowest BCUT2D eigenvalue weighted by atomic mass is 10.0. The Balaban J connectivity index is 2.72. The molecule has 104 valence electrons. The number of amides is 1. The van der Waals surface area contributed by atoms with Gasteiger partial charge in [0.1, 0.15) is 6.04 Å². The van der Waals surface area contributed by atoms with Crippen LogP contribution in [0.5, 0.6) is 0 Å². The Labute approximate surface area is 117 Å². The van der Waals surface area contributed by atoms with Crippen molar-refractivity contribution in [2.24, 2.45) is 5.92 Å². The summed E-state index contributed by atoms with van der Waals surface area (Å²) in [7, 11) is 0. The topological polar surface area (TPSA) is 90.2 Å². The van der Waals surface area contributed by atoms with Gasteiger partial charge in [0.05, 0.1) is 11.6 Å².